The van der Waals surface area contributed by atoms with Crippen LogP contribution in [0.5, 0.6) is 0 Å². The second-order valence-corrected chi connectivity index (χ2v) is 9.09. The standard InChI is InChI=1S/C20H30N2O4/c1-12(23)15-17-14-7-5-6-13(8-11-22(2)9-3-4-10-22)16(14)18(20(25)26)21(17)19(15)24/h12-15,17,23H,3-11H2,1-2H3/p+1/t12-,13+,14-,15-,17-/m1/s1. The van der Waals surface area contributed by atoms with E-state index in [0.29, 0.717) is 0 Å². The molecule has 0 bridgehead atoms. The second kappa shape index (κ2) is 6.34. The fourth-order valence-electron chi connectivity index (χ4n) is 6.09. The van der Waals surface area contributed by atoms with Crippen LogP contribution in [0.25, 0.3) is 0 Å². The SMILES string of the molecule is C[C@@H](O)[C@H]1C(=O)N2C(C(=O)O)=C3[C@H](CC[N+]4(C)CCCC4)CCC[C@H]3[C@H]12. The minimum absolute atomic E-state index is 0.126. The number of carboxylic acids is 1. The van der Waals surface area contributed by atoms with Gasteiger partial charge in [0.25, 0.3) is 0 Å². The van der Waals surface area contributed by atoms with E-state index < -0.39 is 18.0 Å². The quantitative estimate of drug-likeness (QED) is 0.574. The summed E-state index contributed by atoms with van der Waals surface area (Å²) in [7, 11) is 2.31. The van der Waals surface area contributed by atoms with Crippen LogP contribution in [0, 0.1) is 17.8 Å². The molecule has 0 radical (unpaired) electrons. The molecule has 3 aliphatic heterocycles. The number of hydrogen-bond acceptors (Lipinski definition) is 3. The third-order valence-electron chi connectivity index (χ3n) is 7.41. The molecule has 0 aromatic rings. The van der Waals surface area contributed by atoms with E-state index in [0.717, 1.165) is 42.3 Å². The van der Waals surface area contributed by atoms with Gasteiger partial charge in [-0.25, -0.2) is 4.79 Å². The summed E-state index contributed by atoms with van der Waals surface area (Å²) in [6.07, 6.45) is 5.91. The molecule has 6 nitrogen and oxygen atoms in total. The molecule has 4 aliphatic rings. The van der Waals surface area contributed by atoms with Crippen LogP contribution in [0.1, 0.15) is 45.4 Å². The van der Waals surface area contributed by atoms with Gasteiger partial charge in [0.2, 0.25) is 5.91 Å². The number of amides is 1. The smallest absolute Gasteiger partial charge is 0.352 e. The van der Waals surface area contributed by atoms with Crippen LogP contribution in [-0.4, -0.2) is 70.3 Å². The first-order chi connectivity index (χ1) is 12.3. The van der Waals surface area contributed by atoms with Crippen LogP contribution in [0.15, 0.2) is 11.3 Å². The number of aliphatic hydroxyl groups excluding tert-OH is 1. The molecule has 6 heteroatoms. The van der Waals surface area contributed by atoms with Crippen LogP contribution < -0.4 is 0 Å². The van der Waals surface area contributed by atoms with E-state index in [2.05, 4.69) is 7.05 Å². The Bertz CT molecular complexity index is 650. The highest BCUT2D eigenvalue weighted by Gasteiger charge is 2.62. The molecular weight excluding hydrogens is 332 g/mol. The lowest BCUT2D eigenvalue weighted by molar-refractivity contribution is -0.898. The zero-order chi connectivity index (χ0) is 18.6. The maximum absolute atomic E-state index is 12.5. The number of carbonyl (C=O) groups excluding carboxylic acids is 1. The number of aliphatic carboxylic acids is 1. The number of aliphatic hydroxyl groups is 1. The Morgan fingerprint density at radius 3 is 2.58 bits per heavy atom. The van der Waals surface area contributed by atoms with Gasteiger partial charge < -0.3 is 19.6 Å². The first-order valence-corrected chi connectivity index (χ1v) is 10.2. The van der Waals surface area contributed by atoms with E-state index in [-0.39, 0.29) is 29.5 Å². The average molecular weight is 363 g/mol. The summed E-state index contributed by atoms with van der Waals surface area (Å²) in [5.41, 5.74) is 1.26. The third kappa shape index (κ3) is 2.61. The Hall–Kier alpha value is -1.40. The number of β-lactam (4-membered cyclic amide) rings is 1. The zero-order valence-electron chi connectivity index (χ0n) is 15.9. The molecule has 2 saturated heterocycles. The van der Waals surface area contributed by atoms with Crippen molar-refractivity contribution in [3.05, 3.63) is 11.3 Å². The molecular formula is C20H31N2O4+. The monoisotopic (exact) mass is 363 g/mol. The first-order valence-electron chi connectivity index (χ1n) is 10.2. The average Bonchev–Trinajstić information content (AvgIpc) is 3.13. The van der Waals surface area contributed by atoms with E-state index in [4.69, 9.17) is 0 Å². The van der Waals surface area contributed by atoms with Crippen molar-refractivity contribution < 1.29 is 24.3 Å². The fraction of sp³-hybridized carbons (Fsp3) is 0.800. The van der Waals surface area contributed by atoms with Gasteiger partial charge in [0.15, 0.2) is 0 Å². The van der Waals surface area contributed by atoms with Crippen LogP contribution in [0.4, 0.5) is 0 Å². The summed E-state index contributed by atoms with van der Waals surface area (Å²) < 4.78 is 1.10. The maximum Gasteiger partial charge on any atom is 0.352 e. The van der Waals surface area contributed by atoms with E-state index in [9.17, 15) is 19.8 Å². The molecule has 3 fully saturated rings. The van der Waals surface area contributed by atoms with Crippen molar-refractivity contribution in [1.29, 1.82) is 0 Å². The van der Waals surface area contributed by atoms with Crippen LogP contribution in [0.3, 0.4) is 0 Å². The Kier molecular flexibility index (Phi) is 4.39. The molecule has 2 N–H and O–H groups in total. The van der Waals surface area contributed by atoms with Crippen molar-refractivity contribution in [2.24, 2.45) is 17.8 Å². The predicted octanol–water partition coefficient (Wildman–Crippen LogP) is 1.59. The van der Waals surface area contributed by atoms with E-state index in [1.165, 1.54) is 30.8 Å². The number of likely N-dealkylation sites (tertiary alicyclic amines) is 1. The molecule has 1 aliphatic carbocycles. The number of carboxylic acid groups (broad SMARTS) is 1. The van der Waals surface area contributed by atoms with Gasteiger partial charge in [-0.2, -0.15) is 0 Å². The lowest BCUT2D eigenvalue weighted by Gasteiger charge is -2.47. The number of rotatable bonds is 5. The van der Waals surface area contributed by atoms with Gasteiger partial charge in [0, 0.05) is 25.2 Å². The minimum Gasteiger partial charge on any atom is -0.477 e. The van der Waals surface area contributed by atoms with Crippen molar-refractivity contribution in [3.63, 3.8) is 0 Å². The Morgan fingerprint density at radius 2 is 1.96 bits per heavy atom. The Balaban J connectivity index is 1.60. The van der Waals surface area contributed by atoms with Gasteiger partial charge in [-0.05, 0) is 31.3 Å². The lowest BCUT2D eigenvalue weighted by atomic mass is 9.68. The van der Waals surface area contributed by atoms with Crippen molar-refractivity contribution in [3.8, 4) is 0 Å². The van der Waals surface area contributed by atoms with Gasteiger partial charge in [-0.3, -0.25) is 4.79 Å². The first kappa shape index (κ1) is 18.0. The largest absolute Gasteiger partial charge is 0.477 e. The topological polar surface area (TPSA) is 77.8 Å². The number of carbonyl (C=O) groups is 2. The highest BCUT2D eigenvalue weighted by atomic mass is 16.4. The normalized spacial score (nSPS) is 36.6. The van der Waals surface area contributed by atoms with Crippen LogP contribution in [-0.2, 0) is 9.59 Å². The zero-order valence-corrected chi connectivity index (χ0v) is 15.9. The lowest BCUT2D eigenvalue weighted by Crippen LogP contribution is -2.64. The van der Waals surface area contributed by atoms with Gasteiger partial charge >= 0.3 is 5.97 Å². The van der Waals surface area contributed by atoms with Crippen LogP contribution in [0.2, 0.25) is 0 Å². The number of hydrogen-bond donors (Lipinski definition) is 2. The fourth-order valence-corrected chi connectivity index (χ4v) is 6.09. The van der Waals surface area contributed by atoms with E-state index in [1.54, 1.807) is 6.92 Å². The van der Waals surface area contributed by atoms with Gasteiger partial charge in [-0.15, -0.1) is 0 Å². The summed E-state index contributed by atoms with van der Waals surface area (Å²) in [4.78, 5) is 26.1. The molecule has 0 unspecified atom stereocenters. The summed E-state index contributed by atoms with van der Waals surface area (Å²) in [5, 5.41) is 19.9. The number of quaternary nitrogens is 1. The molecule has 0 aromatic heterocycles. The highest BCUT2D eigenvalue weighted by Crippen LogP contribution is 2.54. The summed E-state index contributed by atoms with van der Waals surface area (Å²) >= 11 is 0. The van der Waals surface area contributed by atoms with Crippen molar-refractivity contribution >= 4 is 11.9 Å². The molecule has 144 valence electrons. The Labute approximate surface area is 155 Å². The van der Waals surface area contributed by atoms with Gasteiger partial charge in [0.05, 0.1) is 44.7 Å². The van der Waals surface area contributed by atoms with E-state index in [1.807, 2.05) is 0 Å². The van der Waals surface area contributed by atoms with E-state index >= 15 is 0 Å². The van der Waals surface area contributed by atoms with Crippen LogP contribution >= 0.6 is 0 Å². The summed E-state index contributed by atoms with van der Waals surface area (Å²) in [6.45, 7) is 5.18. The number of fused-ring (bicyclic) bond motifs is 3. The molecule has 1 amide bonds. The van der Waals surface area contributed by atoms with Crippen molar-refractivity contribution in [2.45, 2.75) is 57.6 Å². The summed E-state index contributed by atoms with van der Waals surface area (Å²) in [5.74, 6) is -1.22. The molecule has 26 heavy (non-hydrogen) atoms. The van der Waals surface area contributed by atoms with Gasteiger partial charge in [0.1, 0.15) is 5.70 Å². The molecule has 5 atom stereocenters. The maximum atomic E-state index is 12.5. The highest BCUT2D eigenvalue weighted by molar-refractivity contribution is 6.00. The molecule has 0 aromatic carbocycles. The minimum atomic E-state index is -0.974. The molecule has 1 saturated carbocycles. The van der Waals surface area contributed by atoms with Crippen molar-refractivity contribution in [1.82, 2.24) is 4.90 Å². The number of nitrogens with zero attached hydrogens (tertiary/aromatic N) is 2. The molecule has 0 spiro atoms. The van der Waals surface area contributed by atoms with Gasteiger partial charge in [-0.1, -0.05) is 6.42 Å². The Morgan fingerprint density at radius 1 is 1.27 bits per heavy atom. The van der Waals surface area contributed by atoms with Crippen molar-refractivity contribution in [2.75, 3.05) is 26.7 Å². The summed E-state index contributed by atoms with van der Waals surface area (Å²) in [6, 6.07) is -0.136. The molecule has 4 rings (SSSR count). The molecule has 3 heterocycles. The predicted molar refractivity (Wildman–Crippen MR) is 95.9 cm³/mol. The second-order valence-electron chi connectivity index (χ2n) is 9.09. The third-order valence-corrected chi connectivity index (χ3v) is 7.41.